The number of carbonyl (C=O) groups is 1. The second-order valence-corrected chi connectivity index (χ2v) is 5.64. The van der Waals surface area contributed by atoms with Gasteiger partial charge in [0.2, 0.25) is 0 Å². The number of halogens is 3. The van der Waals surface area contributed by atoms with Gasteiger partial charge in [-0.2, -0.15) is 13.2 Å². The Morgan fingerprint density at radius 3 is 2.43 bits per heavy atom. The van der Waals surface area contributed by atoms with Crippen LogP contribution in [0.3, 0.4) is 0 Å². The summed E-state index contributed by atoms with van der Waals surface area (Å²) in [6.07, 6.45) is -0.432. The highest BCUT2D eigenvalue weighted by molar-refractivity contribution is 5.75. The molecule has 21 heavy (non-hydrogen) atoms. The third-order valence-corrected chi connectivity index (χ3v) is 4.38. The molecule has 2 rings (SSSR count). The Hall–Kier alpha value is -1.40. The van der Waals surface area contributed by atoms with Crippen LogP contribution in [-0.2, 0) is 9.53 Å². The first-order valence-corrected chi connectivity index (χ1v) is 7.20. The molecule has 1 unspecified atom stereocenters. The van der Waals surface area contributed by atoms with Crippen molar-refractivity contribution < 1.29 is 22.7 Å². The van der Waals surface area contributed by atoms with E-state index in [-0.39, 0.29) is 6.04 Å². The van der Waals surface area contributed by atoms with E-state index in [1.54, 1.807) is 13.8 Å². The molecule has 0 radical (unpaired) electrons. The Morgan fingerprint density at radius 2 is 1.95 bits per heavy atom. The molecular formula is C14H21F3N2O2. The Morgan fingerprint density at radius 1 is 1.38 bits per heavy atom. The molecule has 0 amide bonds. The lowest BCUT2D eigenvalue weighted by Gasteiger charge is -2.37. The highest BCUT2D eigenvalue weighted by Crippen LogP contribution is 2.41. The smallest absolute Gasteiger partial charge is 0.432 e. The standard InChI is InChI=1S/C14H21F3N2O2/c1-9(13(20)21-3)18-8-12(14(15,16)17)19(10(18)2)11-6-4-5-7-11/h8-11H,4-7H2,1-3H3/t9?,10-/m0/s1. The molecule has 0 aromatic carbocycles. The van der Waals surface area contributed by atoms with Crippen LogP contribution in [0.5, 0.6) is 0 Å². The summed E-state index contributed by atoms with van der Waals surface area (Å²) in [6, 6.07) is -0.850. The summed E-state index contributed by atoms with van der Waals surface area (Å²) in [5.41, 5.74) is -0.655. The van der Waals surface area contributed by atoms with Crippen LogP contribution in [0.25, 0.3) is 0 Å². The number of methoxy groups -OCH3 is 1. The van der Waals surface area contributed by atoms with E-state index in [4.69, 9.17) is 0 Å². The fraction of sp³-hybridized carbons (Fsp3) is 0.786. The van der Waals surface area contributed by atoms with E-state index in [0.29, 0.717) is 0 Å². The van der Waals surface area contributed by atoms with Gasteiger partial charge in [-0.05, 0) is 26.7 Å². The van der Waals surface area contributed by atoms with Gasteiger partial charge >= 0.3 is 12.1 Å². The first-order valence-electron chi connectivity index (χ1n) is 7.20. The highest BCUT2D eigenvalue weighted by atomic mass is 19.4. The minimum atomic E-state index is -4.42. The normalized spacial score (nSPS) is 25.2. The zero-order chi connectivity index (χ0) is 15.8. The molecule has 2 atom stereocenters. The first kappa shape index (κ1) is 16.0. The molecule has 0 aromatic heterocycles. The van der Waals surface area contributed by atoms with Gasteiger partial charge in [0.25, 0.3) is 0 Å². The van der Waals surface area contributed by atoms with Gasteiger partial charge < -0.3 is 14.5 Å². The molecule has 1 saturated carbocycles. The van der Waals surface area contributed by atoms with Crippen LogP contribution in [0.1, 0.15) is 39.5 Å². The van der Waals surface area contributed by atoms with E-state index in [0.717, 1.165) is 31.9 Å². The molecule has 0 saturated heterocycles. The Labute approximate surface area is 122 Å². The van der Waals surface area contributed by atoms with Gasteiger partial charge in [0.05, 0.1) is 13.3 Å². The molecule has 4 nitrogen and oxygen atoms in total. The summed E-state index contributed by atoms with van der Waals surface area (Å²) in [7, 11) is 1.24. The van der Waals surface area contributed by atoms with Crippen molar-refractivity contribution in [1.82, 2.24) is 9.80 Å². The summed E-state index contributed by atoms with van der Waals surface area (Å²) >= 11 is 0. The van der Waals surface area contributed by atoms with Gasteiger partial charge in [0.1, 0.15) is 11.7 Å². The zero-order valence-corrected chi connectivity index (χ0v) is 12.5. The van der Waals surface area contributed by atoms with Crippen molar-refractivity contribution in [1.29, 1.82) is 0 Å². The molecule has 1 heterocycles. The Kier molecular flexibility index (Phi) is 4.39. The van der Waals surface area contributed by atoms with Crippen LogP contribution in [0.4, 0.5) is 13.2 Å². The maximum absolute atomic E-state index is 13.3. The van der Waals surface area contributed by atoms with Gasteiger partial charge in [-0.15, -0.1) is 0 Å². The maximum atomic E-state index is 13.3. The number of carbonyl (C=O) groups excluding carboxylic acids is 1. The fourth-order valence-electron chi connectivity index (χ4n) is 3.29. The van der Waals surface area contributed by atoms with Crippen molar-refractivity contribution in [3.8, 4) is 0 Å². The van der Waals surface area contributed by atoms with E-state index in [9.17, 15) is 18.0 Å². The predicted octanol–water partition coefficient (Wildman–Crippen LogP) is 2.86. The molecule has 0 N–H and O–H groups in total. The molecule has 0 spiro atoms. The average Bonchev–Trinajstić information content (AvgIpc) is 3.03. The third-order valence-electron chi connectivity index (χ3n) is 4.38. The summed E-state index contributed by atoms with van der Waals surface area (Å²) in [5, 5.41) is 0. The monoisotopic (exact) mass is 306 g/mol. The summed E-state index contributed by atoms with van der Waals surface area (Å²) in [5.74, 6) is -0.534. The lowest BCUT2D eigenvalue weighted by atomic mass is 10.2. The quantitative estimate of drug-likeness (QED) is 0.751. The topological polar surface area (TPSA) is 32.8 Å². The SMILES string of the molecule is COC(=O)C(C)N1C=C(C(F)(F)F)N(C2CCCC2)[C@H]1C. The molecule has 2 aliphatic rings. The fourth-order valence-corrected chi connectivity index (χ4v) is 3.29. The van der Waals surface area contributed by atoms with Gasteiger partial charge in [-0.1, -0.05) is 12.8 Å². The maximum Gasteiger partial charge on any atom is 0.432 e. The number of nitrogens with zero attached hydrogens (tertiary/aromatic N) is 2. The molecule has 0 aromatic rings. The van der Waals surface area contributed by atoms with Crippen LogP contribution in [0.15, 0.2) is 11.9 Å². The van der Waals surface area contributed by atoms with Crippen molar-refractivity contribution in [3.05, 3.63) is 11.9 Å². The van der Waals surface area contributed by atoms with Crippen molar-refractivity contribution in [2.75, 3.05) is 7.11 Å². The number of hydrogen-bond acceptors (Lipinski definition) is 4. The van der Waals surface area contributed by atoms with Crippen LogP contribution in [0, 0.1) is 0 Å². The number of esters is 1. The van der Waals surface area contributed by atoms with Gasteiger partial charge in [0, 0.05) is 12.2 Å². The van der Waals surface area contributed by atoms with Crippen molar-refractivity contribution in [2.45, 2.75) is 64.0 Å². The van der Waals surface area contributed by atoms with E-state index in [1.807, 2.05) is 0 Å². The van der Waals surface area contributed by atoms with Crippen LogP contribution < -0.4 is 0 Å². The summed E-state index contributed by atoms with van der Waals surface area (Å²) < 4.78 is 44.6. The molecule has 1 aliphatic carbocycles. The summed E-state index contributed by atoms with van der Waals surface area (Å²) in [6.45, 7) is 3.26. The van der Waals surface area contributed by atoms with E-state index >= 15 is 0 Å². The first-order chi connectivity index (χ1) is 9.77. The van der Waals surface area contributed by atoms with E-state index in [1.165, 1.54) is 16.9 Å². The molecule has 1 aliphatic heterocycles. The van der Waals surface area contributed by atoms with Crippen LogP contribution >= 0.6 is 0 Å². The van der Waals surface area contributed by atoms with Crippen molar-refractivity contribution >= 4 is 5.97 Å². The van der Waals surface area contributed by atoms with Crippen molar-refractivity contribution in [2.24, 2.45) is 0 Å². The predicted molar refractivity (Wildman–Crippen MR) is 71.0 cm³/mol. The lowest BCUT2D eigenvalue weighted by Crippen LogP contribution is -2.48. The number of allylic oxidation sites excluding steroid dienone is 1. The molecule has 7 heteroatoms. The van der Waals surface area contributed by atoms with Gasteiger partial charge in [0.15, 0.2) is 0 Å². The second kappa shape index (κ2) is 5.77. The number of alkyl halides is 3. The number of hydrogen-bond donors (Lipinski definition) is 0. The highest BCUT2D eigenvalue weighted by Gasteiger charge is 2.48. The second-order valence-electron chi connectivity index (χ2n) is 5.64. The van der Waals surface area contributed by atoms with E-state index < -0.39 is 30.1 Å². The molecule has 1 fully saturated rings. The van der Waals surface area contributed by atoms with Gasteiger partial charge in [-0.3, -0.25) is 0 Å². The molecule has 0 bridgehead atoms. The Bertz CT molecular complexity index is 430. The average molecular weight is 306 g/mol. The third kappa shape index (κ3) is 2.96. The van der Waals surface area contributed by atoms with E-state index in [2.05, 4.69) is 4.74 Å². The lowest BCUT2D eigenvalue weighted by molar-refractivity contribution is -0.146. The largest absolute Gasteiger partial charge is 0.467 e. The zero-order valence-electron chi connectivity index (χ0n) is 12.5. The molecule has 120 valence electrons. The number of ether oxygens (including phenoxy) is 1. The van der Waals surface area contributed by atoms with Gasteiger partial charge in [-0.25, -0.2) is 4.79 Å². The Balaban J connectivity index is 2.29. The molecular weight excluding hydrogens is 285 g/mol. The van der Waals surface area contributed by atoms with Crippen molar-refractivity contribution in [3.63, 3.8) is 0 Å². The minimum Gasteiger partial charge on any atom is -0.467 e. The minimum absolute atomic E-state index is 0.109. The summed E-state index contributed by atoms with van der Waals surface area (Å²) in [4.78, 5) is 14.5. The van der Waals surface area contributed by atoms with Crippen LogP contribution in [0.2, 0.25) is 0 Å². The van der Waals surface area contributed by atoms with Crippen LogP contribution in [-0.4, -0.2) is 47.3 Å². The number of rotatable bonds is 3.